The van der Waals surface area contributed by atoms with E-state index in [0.717, 1.165) is 32.7 Å². The van der Waals surface area contributed by atoms with E-state index in [1.807, 2.05) is 42.7 Å². The molecule has 3 nitrogen and oxygen atoms in total. The minimum absolute atomic E-state index is 0.254. The lowest BCUT2D eigenvalue weighted by molar-refractivity contribution is 0.877. The molecule has 3 rings (SSSR count). The topological polar surface area (TPSA) is 30.7 Å². The Hall–Kier alpha value is -1.10. The lowest BCUT2D eigenvalue weighted by atomic mass is 10.2. The molecule has 21 heavy (non-hydrogen) atoms. The number of benzene rings is 1. The number of pyridine rings is 1. The van der Waals surface area contributed by atoms with E-state index >= 15 is 0 Å². The molecule has 0 aliphatic heterocycles. The first kappa shape index (κ1) is 14.8. The van der Waals surface area contributed by atoms with Crippen molar-refractivity contribution in [3.63, 3.8) is 0 Å². The third kappa shape index (κ3) is 2.68. The molecule has 0 N–H and O–H groups in total. The van der Waals surface area contributed by atoms with Crippen LogP contribution in [0.15, 0.2) is 34.9 Å². The quantitative estimate of drug-likeness (QED) is 0.550. The molecule has 6 heteroatoms. The van der Waals surface area contributed by atoms with E-state index in [9.17, 15) is 0 Å². The van der Waals surface area contributed by atoms with Crippen LogP contribution in [-0.2, 0) is 0 Å². The third-order valence-corrected chi connectivity index (χ3v) is 4.12. The van der Waals surface area contributed by atoms with Gasteiger partial charge < -0.3 is 0 Å². The fourth-order valence-corrected chi connectivity index (χ4v) is 3.04. The second kappa shape index (κ2) is 5.59. The molecular formula is C15H12BrCl2N3. The van der Waals surface area contributed by atoms with E-state index in [-0.39, 0.29) is 5.38 Å². The Bertz CT molecular complexity index is 827. The fourth-order valence-electron chi connectivity index (χ4n) is 2.26. The summed E-state index contributed by atoms with van der Waals surface area (Å²) in [4.78, 5) is 9.05. The first-order chi connectivity index (χ1) is 9.97. The second-order valence-corrected chi connectivity index (χ2v) is 6.85. The molecule has 0 aliphatic carbocycles. The summed E-state index contributed by atoms with van der Waals surface area (Å²) in [6.45, 7) is 3.89. The molecule has 2 aromatic heterocycles. The number of hydrogen-bond acceptors (Lipinski definition) is 2. The second-order valence-electron chi connectivity index (χ2n) is 4.87. The maximum atomic E-state index is 6.40. The lowest BCUT2D eigenvalue weighted by Gasteiger charge is -2.12. The number of hydrogen-bond donors (Lipinski definition) is 0. The van der Waals surface area contributed by atoms with Crippen molar-refractivity contribution in [2.45, 2.75) is 19.2 Å². The minimum Gasteiger partial charge on any atom is -0.278 e. The summed E-state index contributed by atoms with van der Waals surface area (Å²) >= 11 is 16.1. The summed E-state index contributed by atoms with van der Waals surface area (Å²) in [7, 11) is 0. The minimum atomic E-state index is -0.254. The van der Waals surface area contributed by atoms with Crippen molar-refractivity contribution in [2.75, 3.05) is 0 Å². The van der Waals surface area contributed by atoms with Crippen LogP contribution in [0.25, 0.3) is 16.9 Å². The average molecular weight is 385 g/mol. The monoisotopic (exact) mass is 383 g/mol. The molecule has 2 heterocycles. The molecule has 0 bridgehead atoms. The first-order valence-electron chi connectivity index (χ1n) is 6.42. The number of halogens is 3. The Labute approximate surface area is 141 Å². The zero-order valence-corrected chi connectivity index (χ0v) is 14.5. The number of rotatable bonds is 2. The van der Waals surface area contributed by atoms with Crippen molar-refractivity contribution >= 4 is 50.3 Å². The van der Waals surface area contributed by atoms with Gasteiger partial charge in [-0.2, -0.15) is 0 Å². The molecule has 108 valence electrons. The van der Waals surface area contributed by atoms with Gasteiger partial charge >= 0.3 is 0 Å². The van der Waals surface area contributed by atoms with Crippen LogP contribution in [0.3, 0.4) is 0 Å². The Balaban J connectivity index is 2.36. The van der Waals surface area contributed by atoms with Gasteiger partial charge in [-0.15, -0.1) is 11.6 Å². The molecule has 0 fully saturated rings. The molecule has 0 amide bonds. The van der Waals surface area contributed by atoms with Gasteiger partial charge in [0.25, 0.3) is 0 Å². The Kier molecular flexibility index (Phi) is 3.95. The Morgan fingerprint density at radius 1 is 1.29 bits per heavy atom. The van der Waals surface area contributed by atoms with Crippen LogP contribution in [0.5, 0.6) is 0 Å². The average Bonchev–Trinajstić information content (AvgIpc) is 2.77. The van der Waals surface area contributed by atoms with Crippen molar-refractivity contribution in [3.05, 3.63) is 51.3 Å². The maximum absolute atomic E-state index is 6.40. The van der Waals surface area contributed by atoms with Gasteiger partial charge in [0.2, 0.25) is 0 Å². The molecule has 1 unspecified atom stereocenters. The number of aromatic nitrogens is 3. The van der Waals surface area contributed by atoms with Gasteiger partial charge in [0.15, 0.2) is 5.65 Å². The number of imidazole rings is 1. The standard InChI is InChI=1S/C15H12BrCl2N3/c1-8-3-4-13(11(18)5-8)21-14(9(2)17)20-12-6-10(16)7-19-15(12)21/h3-7,9H,1-2H3. The predicted octanol–water partition coefficient (Wildman–Crippen LogP) is 5.44. The summed E-state index contributed by atoms with van der Waals surface area (Å²) in [6, 6.07) is 7.81. The molecule has 3 aromatic rings. The van der Waals surface area contributed by atoms with E-state index in [1.165, 1.54) is 0 Å². The van der Waals surface area contributed by atoms with Crippen molar-refractivity contribution in [3.8, 4) is 5.69 Å². The summed E-state index contributed by atoms with van der Waals surface area (Å²) in [5.41, 5.74) is 3.46. The van der Waals surface area contributed by atoms with Gasteiger partial charge in [-0.05, 0) is 53.5 Å². The highest BCUT2D eigenvalue weighted by molar-refractivity contribution is 9.10. The molecule has 1 aromatic carbocycles. The highest BCUT2D eigenvalue weighted by Gasteiger charge is 2.19. The van der Waals surface area contributed by atoms with Crippen molar-refractivity contribution in [1.82, 2.24) is 14.5 Å². The van der Waals surface area contributed by atoms with Crippen molar-refractivity contribution in [2.24, 2.45) is 0 Å². The number of fused-ring (bicyclic) bond motifs is 1. The van der Waals surface area contributed by atoms with Gasteiger partial charge in [-0.25, -0.2) is 9.97 Å². The van der Waals surface area contributed by atoms with Crippen LogP contribution < -0.4 is 0 Å². The smallest absolute Gasteiger partial charge is 0.164 e. The van der Waals surface area contributed by atoms with E-state index in [4.69, 9.17) is 23.2 Å². The van der Waals surface area contributed by atoms with E-state index in [0.29, 0.717) is 5.02 Å². The number of nitrogens with zero attached hydrogens (tertiary/aromatic N) is 3. The maximum Gasteiger partial charge on any atom is 0.164 e. The SMILES string of the molecule is Cc1ccc(-n2c(C(C)Cl)nc3cc(Br)cnc32)c(Cl)c1. The summed E-state index contributed by atoms with van der Waals surface area (Å²) in [6.07, 6.45) is 1.74. The molecule has 0 saturated carbocycles. The summed E-state index contributed by atoms with van der Waals surface area (Å²) in [5, 5.41) is 0.396. The molecular weight excluding hydrogens is 373 g/mol. The van der Waals surface area contributed by atoms with Gasteiger partial charge in [-0.1, -0.05) is 17.7 Å². The Morgan fingerprint density at radius 3 is 2.71 bits per heavy atom. The molecule has 1 atom stereocenters. The van der Waals surface area contributed by atoms with Crippen LogP contribution in [0, 0.1) is 6.92 Å². The zero-order valence-electron chi connectivity index (χ0n) is 11.4. The number of alkyl halides is 1. The zero-order chi connectivity index (χ0) is 15.1. The van der Waals surface area contributed by atoms with Gasteiger partial charge in [-0.3, -0.25) is 4.57 Å². The van der Waals surface area contributed by atoms with Gasteiger partial charge in [0, 0.05) is 10.7 Å². The van der Waals surface area contributed by atoms with E-state index < -0.39 is 0 Å². The fraction of sp³-hybridized carbons (Fsp3) is 0.200. The first-order valence-corrected chi connectivity index (χ1v) is 8.02. The van der Waals surface area contributed by atoms with E-state index in [2.05, 4.69) is 25.9 Å². The molecule has 0 spiro atoms. The summed E-state index contributed by atoms with van der Waals surface area (Å²) < 4.78 is 2.80. The van der Waals surface area contributed by atoms with Crippen LogP contribution in [-0.4, -0.2) is 14.5 Å². The van der Waals surface area contributed by atoms with Crippen molar-refractivity contribution in [1.29, 1.82) is 0 Å². The lowest BCUT2D eigenvalue weighted by Crippen LogP contribution is -2.03. The van der Waals surface area contributed by atoms with Gasteiger partial charge in [0.05, 0.1) is 16.1 Å². The largest absolute Gasteiger partial charge is 0.278 e. The highest BCUT2D eigenvalue weighted by Crippen LogP contribution is 2.31. The van der Waals surface area contributed by atoms with Crippen LogP contribution in [0.1, 0.15) is 23.7 Å². The molecule has 0 saturated heterocycles. The van der Waals surface area contributed by atoms with E-state index in [1.54, 1.807) is 6.20 Å². The highest BCUT2D eigenvalue weighted by atomic mass is 79.9. The molecule has 0 radical (unpaired) electrons. The van der Waals surface area contributed by atoms with Gasteiger partial charge in [0.1, 0.15) is 11.3 Å². The third-order valence-electron chi connectivity index (χ3n) is 3.19. The van der Waals surface area contributed by atoms with Crippen LogP contribution in [0.4, 0.5) is 0 Å². The van der Waals surface area contributed by atoms with Crippen LogP contribution >= 0.6 is 39.1 Å². The predicted molar refractivity (Wildman–Crippen MR) is 90.6 cm³/mol. The molecule has 0 aliphatic rings. The summed E-state index contributed by atoms with van der Waals surface area (Å²) in [5.74, 6) is 0.725. The Morgan fingerprint density at radius 2 is 2.05 bits per heavy atom. The number of aryl methyl sites for hydroxylation is 1. The van der Waals surface area contributed by atoms with Crippen molar-refractivity contribution < 1.29 is 0 Å². The normalized spacial score (nSPS) is 12.8. The van der Waals surface area contributed by atoms with Crippen LogP contribution in [0.2, 0.25) is 5.02 Å².